The Morgan fingerprint density at radius 2 is 2.06 bits per heavy atom. The van der Waals surface area contributed by atoms with E-state index in [1.54, 1.807) is 0 Å². The average Bonchev–Trinajstić information content (AvgIpc) is 2.97. The largest absolute Gasteiger partial charge is 0.343 e. The summed E-state index contributed by atoms with van der Waals surface area (Å²) in [7, 11) is 1.90. The number of hydrogen-bond donors (Lipinski definition) is 1. The number of rotatable bonds is 3. The summed E-state index contributed by atoms with van der Waals surface area (Å²) < 4.78 is 0. The Balaban J connectivity index is 2.23. The molecule has 2 rings (SSSR count). The van der Waals surface area contributed by atoms with Gasteiger partial charge in [-0.05, 0) is 39.7 Å². The molecule has 2 N–H and O–H groups in total. The maximum atomic E-state index is 12.2. The Morgan fingerprint density at radius 1 is 1.44 bits per heavy atom. The van der Waals surface area contributed by atoms with E-state index in [0.29, 0.717) is 12.6 Å². The topological polar surface area (TPSA) is 49.6 Å². The van der Waals surface area contributed by atoms with E-state index in [9.17, 15) is 4.79 Å². The van der Waals surface area contributed by atoms with E-state index < -0.39 is 0 Å². The van der Waals surface area contributed by atoms with Gasteiger partial charge >= 0.3 is 0 Å². The molecule has 0 aromatic heterocycles. The first kappa shape index (κ1) is 11.9. The Kier molecular flexibility index (Phi) is 2.97. The molecule has 0 aromatic rings. The molecule has 0 radical (unpaired) electrons. The zero-order chi connectivity index (χ0) is 11.9. The second-order valence-electron chi connectivity index (χ2n) is 5.74. The first-order valence-electron chi connectivity index (χ1n) is 6.21. The van der Waals surface area contributed by atoms with Gasteiger partial charge in [0.1, 0.15) is 0 Å². The van der Waals surface area contributed by atoms with Crippen LogP contribution in [-0.2, 0) is 4.79 Å². The maximum absolute atomic E-state index is 12.2. The number of amides is 1. The quantitative estimate of drug-likeness (QED) is 0.757. The van der Waals surface area contributed by atoms with Crippen LogP contribution in [0.5, 0.6) is 0 Å². The predicted molar refractivity (Wildman–Crippen MR) is 64.0 cm³/mol. The zero-order valence-electron chi connectivity index (χ0n) is 10.6. The third-order valence-corrected chi connectivity index (χ3v) is 3.70. The van der Waals surface area contributed by atoms with Crippen LogP contribution in [0.2, 0.25) is 0 Å². The van der Waals surface area contributed by atoms with Crippen molar-refractivity contribution in [3.8, 4) is 0 Å². The number of likely N-dealkylation sites (N-methyl/N-ethyl adjacent to an activating group) is 1. The van der Waals surface area contributed by atoms with E-state index in [1.165, 1.54) is 12.8 Å². The Bertz CT molecular complexity index is 286. The molecular weight excluding hydrogens is 202 g/mol. The van der Waals surface area contributed by atoms with Crippen molar-refractivity contribution in [3.63, 3.8) is 0 Å². The molecule has 0 spiro atoms. The molecular formula is C12H23N3O. The van der Waals surface area contributed by atoms with Gasteiger partial charge in [-0.1, -0.05) is 0 Å². The van der Waals surface area contributed by atoms with E-state index in [2.05, 4.69) is 18.7 Å². The van der Waals surface area contributed by atoms with Gasteiger partial charge in [-0.2, -0.15) is 0 Å². The predicted octanol–water partition coefficient (Wildman–Crippen LogP) is 0.419. The summed E-state index contributed by atoms with van der Waals surface area (Å²) in [6, 6.07) is 0.621. The van der Waals surface area contributed by atoms with Gasteiger partial charge in [-0.3, -0.25) is 9.69 Å². The van der Waals surface area contributed by atoms with Crippen LogP contribution in [0.15, 0.2) is 0 Å². The first-order valence-corrected chi connectivity index (χ1v) is 6.21. The number of piperazine rings is 1. The number of carbonyl (C=O) groups excluding carboxylic acids is 1. The summed E-state index contributed by atoms with van der Waals surface area (Å²) in [4.78, 5) is 16.5. The number of carbonyl (C=O) groups is 1. The molecule has 1 amide bonds. The average molecular weight is 225 g/mol. The highest BCUT2D eigenvalue weighted by Crippen LogP contribution is 2.38. The van der Waals surface area contributed by atoms with Gasteiger partial charge in [0.05, 0.1) is 6.04 Å². The van der Waals surface area contributed by atoms with Crippen LogP contribution in [0.3, 0.4) is 0 Å². The molecule has 1 aliphatic heterocycles. The van der Waals surface area contributed by atoms with Gasteiger partial charge in [0.25, 0.3) is 0 Å². The van der Waals surface area contributed by atoms with Crippen molar-refractivity contribution < 1.29 is 4.79 Å². The van der Waals surface area contributed by atoms with Gasteiger partial charge in [-0.25, -0.2) is 0 Å². The molecule has 16 heavy (non-hydrogen) atoms. The van der Waals surface area contributed by atoms with Crippen molar-refractivity contribution in [2.45, 2.75) is 50.7 Å². The molecule has 0 bridgehead atoms. The lowest BCUT2D eigenvalue weighted by atomic mass is 9.92. The number of nitrogens with two attached hydrogens (primary N) is 1. The monoisotopic (exact) mass is 225 g/mol. The molecule has 4 nitrogen and oxygen atoms in total. The molecule has 1 atom stereocenters. The number of hydrogen-bond acceptors (Lipinski definition) is 3. The molecule has 4 heteroatoms. The minimum atomic E-state index is 0.00579. The second-order valence-corrected chi connectivity index (χ2v) is 5.74. The van der Waals surface area contributed by atoms with Crippen molar-refractivity contribution in [2.75, 3.05) is 20.1 Å². The van der Waals surface area contributed by atoms with Gasteiger partial charge in [0, 0.05) is 25.2 Å². The van der Waals surface area contributed by atoms with Crippen LogP contribution in [0.25, 0.3) is 0 Å². The Hall–Kier alpha value is -0.610. The lowest BCUT2D eigenvalue weighted by molar-refractivity contribution is -0.149. The fraction of sp³-hybridized carbons (Fsp3) is 0.917. The SMILES string of the molecule is CN1CC(C)(C)N(C2CC2)C(CCN)C1=O. The molecule has 92 valence electrons. The maximum Gasteiger partial charge on any atom is 0.239 e. The van der Waals surface area contributed by atoms with E-state index in [-0.39, 0.29) is 17.5 Å². The van der Waals surface area contributed by atoms with Crippen LogP contribution in [0, 0.1) is 0 Å². The minimum Gasteiger partial charge on any atom is -0.343 e. The summed E-state index contributed by atoms with van der Waals surface area (Å²) in [6.07, 6.45) is 3.26. The van der Waals surface area contributed by atoms with Crippen molar-refractivity contribution in [1.29, 1.82) is 0 Å². The lowest BCUT2D eigenvalue weighted by Crippen LogP contribution is -2.66. The minimum absolute atomic E-state index is 0.00579. The third-order valence-electron chi connectivity index (χ3n) is 3.70. The zero-order valence-corrected chi connectivity index (χ0v) is 10.6. The van der Waals surface area contributed by atoms with Crippen molar-refractivity contribution in [2.24, 2.45) is 5.73 Å². The lowest BCUT2D eigenvalue weighted by Gasteiger charge is -2.50. The molecule has 1 aliphatic carbocycles. The molecule has 1 saturated carbocycles. The highest BCUT2D eigenvalue weighted by atomic mass is 16.2. The highest BCUT2D eigenvalue weighted by molar-refractivity contribution is 5.83. The van der Waals surface area contributed by atoms with Crippen LogP contribution in [-0.4, -0.2) is 53.5 Å². The summed E-state index contributed by atoms with van der Waals surface area (Å²) in [5, 5.41) is 0. The van der Waals surface area contributed by atoms with Crippen LogP contribution in [0.1, 0.15) is 33.1 Å². The summed E-state index contributed by atoms with van der Waals surface area (Å²) >= 11 is 0. The summed E-state index contributed by atoms with van der Waals surface area (Å²) in [5.74, 6) is 0.247. The molecule has 2 fully saturated rings. The van der Waals surface area contributed by atoms with Gasteiger partial charge in [0.2, 0.25) is 5.91 Å². The fourth-order valence-electron chi connectivity index (χ4n) is 3.06. The molecule has 2 aliphatic rings. The smallest absolute Gasteiger partial charge is 0.239 e. The Labute approximate surface area is 97.8 Å². The van der Waals surface area contributed by atoms with Crippen molar-refractivity contribution in [3.05, 3.63) is 0 Å². The standard InChI is InChI=1S/C12H23N3O/c1-12(2)8-14(3)11(16)10(6-7-13)15(12)9-4-5-9/h9-10H,4-8,13H2,1-3H3. The number of nitrogens with zero attached hydrogens (tertiary/aromatic N) is 2. The molecule has 1 saturated heterocycles. The van der Waals surface area contributed by atoms with Gasteiger partial charge in [0.15, 0.2) is 0 Å². The van der Waals surface area contributed by atoms with Crippen LogP contribution < -0.4 is 5.73 Å². The third kappa shape index (κ3) is 1.96. The van der Waals surface area contributed by atoms with Gasteiger partial charge < -0.3 is 10.6 Å². The van der Waals surface area contributed by atoms with E-state index in [0.717, 1.165) is 13.0 Å². The van der Waals surface area contributed by atoms with Gasteiger partial charge in [-0.15, -0.1) is 0 Å². The van der Waals surface area contributed by atoms with E-state index in [1.807, 2.05) is 11.9 Å². The van der Waals surface area contributed by atoms with Crippen molar-refractivity contribution in [1.82, 2.24) is 9.80 Å². The van der Waals surface area contributed by atoms with E-state index >= 15 is 0 Å². The first-order chi connectivity index (χ1) is 7.47. The molecule has 1 heterocycles. The molecule has 1 unspecified atom stereocenters. The van der Waals surface area contributed by atoms with Crippen LogP contribution in [0.4, 0.5) is 0 Å². The fourth-order valence-corrected chi connectivity index (χ4v) is 3.06. The molecule has 0 aromatic carbocycles. The van der Waals surface area contributed by atoms with Crippen LogP contribution >= 0.6 is 0 Å². The normalized spacial score (nSPS) is 30.9. The Morgan fingerprint density at radius 3 is 2.56 bits per heavy atom. The summed E-state index contributed by atoms with van der Waals surface area (Å²) in [6.45, 7) is 5.88. The van der Waals surface area contributed by atoms with Crippen molar-refractivity contribution >= 4 is 5.91 Å². The second kappa shape index (κ2) is 4.00. The highest BCUT2D eigenvalue weighted by Gasteiger charge is 2.49. The van der Waals surface area contributed by atoms with E-state index in [4.69, 9.17) is 5.73 Å². The summed E-state index contributed by atoms with van der Waals surface area (Å²) in [5.41, 5.74) is 5.73.